The van der Waals surface area contributed by atoms with Gasteiger partial charge in [-0.05, 0) is 36.8 Å². The summed E-state index contributed by atoms with van der Waals surface area (Å²) in [5.41, 5.74) is 3.49. The summed E-state index contributed by atoms with van der Waals surface area (Å²) in [5, 5.41) is 17.3. The molecule has 2 aromatic rings. The molecule has 0 saturated carbocycles. The summed E-state index contributed by atoms with van der Waals surface area (Å²) in [6, 6.07) is 14.8. The van der Waals surface area contributed by atoms with E-state index in [0.717, 1.165) is 22.4 Å². The first-order chi connectivity index (χ1) is 11.2. The van der Waals surface area contributed by atoms with E-state index in [1.54, 1.807) is 24.3 Å². The van der Waals surface area contributed by atoms with Gasteiger partial charge in [0.15, 0.2) is 11.5 Å². The maximum absolute atomic E-state index is 8.87. The normalized spacial score (nSPS) is 13.3. The quantitative estimate of drug-likeness (QED) is 0.877. The Balaban J connectivity index is 1.93. The lowest BCUT2D eigenvalue weighted by Gasteiger charge is -2.19. The highest BCUT2D eigenvalue weighted by Crippen LogP contribution is 2.33. The summed E-state index contributed by atoms with van der Waals surface area (Å²) < 4.78 is 11.1. The van der Waals surface area contributed by atoms with E-state index in [1.807, 2.05) is 31.2 Å². The smallest absolute Gasteiger partial charge is 0.161 e. The van der Waals surface area contributed by atoms with Crippen LogP contribution in [0.25, 0.3) is 5.57 Å². The van der Waals surface area contributed by atoms with Gasteiger partial charge in [-0.1, -0.05) is 24.3 Å². The van der Waals surface area contributed by atoms with E-state index in [4.69, 9.17) is 20.1 Å². The van der Waals surface area contributed by atoms with Crippen molar-refractivity contribution in [2.45, 2.75) is 6.92 Å². The van der Waals surface area contributed by atoms with Crippen LogP contribution in [0.1, 0.15) is 23.6 Å². The molecule has 2 aromatic carbocycles. The predicted octanol–water partition coefficient (Wildman–Crippen LogP) is 3.80. The number of benzene rings is 2. The van der Waals surface area contributed by atoms with Crippen LogP contribution in [0.4, 0.5) is 0 Å². The fourth-order valence-corrected chi connectivity index (χ4v) is 2.53. The van der Waals surface area contributed by atoms with E-state index < -0.39 is 0 Å². The second-order valence-electron chi connectivity index (χ2n) is 5.12. The Kier molecular flexibility index (Phi) is 4.11. The number of ether oxygens (including phenoxy) is 2. The highest BCUT2D eigenvalue weighted by Gasteiger charge is 2.15. The van der Waals surface area contributed by atoms with Crippen molar-refractivity contribution in [3.63, 3.8) is 0 Å². The van der Waals surface area contributed by atoms with Crippen LogP contribution in [0.5, 0.6) is 11.5 Å². The van der Waals surface area contributed by atoms with Gasteiger partial charge in [0.05, 0.1) is 17.3 Å². The van der Waals surface area contributed by atoms with Crippen molar-refractivity contribution in [1.29, 1.82) is 10.7 Å². The van der Waals surface area contributed by atoms with Gasteiger partial charge in [-0.25, -0.2) is 0 Å². The Hall–Kier alpha value is -3.06. The number of rotatable bonds is 3. The van der Waals surface area contributed by atoms with E-state index in [0.29, 0.717) is 30.2 Å². The van der Waals surface area contributed by atoms with Gasteiger partial charge >= 0.3 is 0 Å². The van der Waals surface area contributed by atoms with Crippen molar-refractivity contribution < 1.29 is 9.47 Å². The van der Waals surface area contributed by atoms with Crippen LogP contribution < -0.4 is 9.47 Å². The second-order valence-corrected chi connectivity index (χ2v) is 5.12. The molecular weight excluding hydrogens is 288 g/mol. The molecule has 0 saturated heterocycles. The van der Waals surface area contributed by atoms with E-state index in [2.05, 4.69) is 6.07 Å². The number of nitrogens with zero attached hydrogens (tertiary/aromatic N) is 1. The van der Waals surface area contributed by atoms with Gasteiger partial charge in [-0.2, -0.15) is 5.26 Å². The lowest BCUT2D eigenvalue weighted by atomic mass is 9.95. The average molecular weight is 304 g/mol. The molecular formula is C19H16N2O2. The maximum Gasteiger partial charge on any atom is 0.161 e. The molecule has 0 spiro atoms. The van der Waals surface area contributed by atoms with Crippen LogP contribution in [0, 0.1) is 16.7 Å². The van der Waals surface area contributed by atoms with Gasteiger partial charge in [0.1, 0.15) is 13.2 Å². The molecule has 1 heterocycles. The number of nitriles is 1. The number of fused-ring (bicyclic) bond motifs is 1. The third-order valence-corrected chi connectivity index (χ3v) is 3.71. The van der Waals surface area contributed by atoms with Crippen molar-refractivity contribution in [2.24, 2.45) is 0 Å². The van der Waals surface area contributed by atoms with E-state index in [1.165, 1.54) is 0 Å². The molecule has 0 unspecified atom stereocenters. The first kappa shape index (κ1) is 14.9. The Morgan fingerprint density at radius 2 is 1.70 bits per heavy atom. The minimum atomic E-state index is 0.411. The molecule has 0 fully saturated rings. The summed E-state index contributed by atoms with van der Waals surface area (Å²) in [7, 11) is 0. The Bertz CT molecular complexity index is 814. The molecule has 0 bridgehead atoms. The Labute approximate surface area is 135 Å². The molecule has 4 heteroatoms. The number of hydrogen-bond acceptors (Lipinski definition) is 4. The summed E-state index contributed by atoms with van der Waals surface area (Å²) in [6.45, 7) is 3.00. The lowest BCUT2D eigenvalue weighted by molar-refractivity contribution is 0.171. The van der Waals surface area contributed by atoms with Gasteiger partial charge in [0, 0.05) is 11.1 Å². The van der Waals surface area contributed by atoms with Crippen molar-refractivity contribution in [2.75, 3.05) is 13.2 Å². The van der Waals surface area contributed by atoms with Crippen LogP contribution in [-0.2, 0) is 0 Å². The average Bonchev–Trinajstić information content (AvgIpc) is 2.62. The Morgan fingerprint density at radius 1 is 1.04 bits per heavy atom. The summed E-state index contributed by atoms with van der Waals surface area (Å²) in [6.07, 6.45) is 1.91. The highest BCUT2D eigenvalue weighted by molar-refractivity contribution is 6.30. The maximum atomic E-state index is 8.87. The summed E-state index contributed by atoms with van der Waals surface area (Å²) in [5.74, 6) is 1.45. The second kappa shape index (κ2) is 6.37. The van der Waals surface area contributed by atoms with Gasteiger partial charge in [-0.3, -0.25) is 5.41 Å². The van der Waals surface area contributed by atoms with Crippen molar-refractivity contribution in [1.82, 2.24) is 0 Å². The fraction of sp³-hybridized carbons (Fsp3) is 0.158. The van der Waals surface area contributed by atoms with Crippen LogP contribution in [-0.4, -0.2) is 18.9 Å². The molecule has 0 aliphatic carbocycles. The molecule has 4 nitrogen and oxygen atoms in total. The number of hydrogen-bond donors (Lipinski definition) is 1. The molecule has 23 heavy (non-hydrogen) atoms. The van der Waals surface area contributed by atoms with Crippen molar-refractivity contribution >= 4 is 11.3 Å². The molecule has 0 radical (unpaired) electrons. The summed E-state index contributed by atoms with van der Waals surface area (Å²) >= 11 is 0. The van der Waals surface area contributed by atoms with Crippen molar-refractivity contribution in [3.8, 4) is 17.6 Å². The SMILES string of the molecule is C/C=C(/C(=N)c1ccc(C#N)cc1)c1ccc2c(c1)OCCO2. The van der Waals surface area contributed by atoms with Crippen LogP contribution in [0.2, 0.25) is 0 Å². The molecule has 1 aliphatic heterocycles. The zero-order chi connectivity index (χ0) is 16.2. The first-order valence-corrected chi connectivity index (χ1v) is 7.38. The largest absolute Gasteiger partial charge is 0.486 e. The van der Waals surface area contributed by atoms with Crippen LogP contribution in [0.3, 0.4) is 0 Å². The topological polar surface area (TPSA) is 66.1 Å². The minimum absolute atomic E-state index is 0.411. The van der Waals surface area contributed by atoms with Crippen LogP contribution in [0.15, 0.2) is 48.5 Å². The molecule has 1 N–H and O–H groups in total. The van der Waals surface area contributed by atoms with Gasteiger partial charge < -0.3 is 9.47 Å². The highest BCUT2D eigenvalue weighted by atomic mass is 16.6. The lowest BCUT2D eigenvalue weighted by Crippen LogP contribution is -2.15. The van der Waals surface area contributed by atoms with Gasteiger partial charge in [-0.15, -0.1) is 0 Å². The predicted molar refractivity (Wildman–Crippen MR) is 89.1 cm³/mol. The number of allylic oxidation sites excluding steroid dienone is 2. The van der Waals surface area contributed by atoms with Gasteiger partial charge in [0.25, 0.3) is 0 Å². The van der Waals surface area contributed by atoms with E-state index >= 15 is 0 Å². The molecule has 114 valence electrons. The molecule has 0 atom stereocenters. The number of nitrogens with one attached hydrogen (secondary N) is 1. The molecule has 1 aliphatic rings. The summed E-state index contributed by atoms with van der Waals surface area (Å²) in [4.78, 5) is 0. The fourth-order valence-electron chi connectivity index (χ4n) is 2.53. The molecule has 3 rings (SSSR count). The van der Waals surface area contributed by atoms with E-state index in [-0.39, 0.29) is 0 Å². The Morgan fingerprint density at radius 3 is 2.35 bits per heavy atom. The van der Waals surface area contributed by atoms with Crippen LogP contribution >= 0.6 is 0 Å². The zero-order valence-electron chi connectivity index (χ0n) is 12.8. The van der Waals surface area contributed by atoms with E-state index in [9.17, 15) is 0 Å². The standard InChI is InChI=1S/C19H16N2O2/c1-2-16(19(21)14-5-3-13(12-20)4-6-14)15-7-8-17-18(11-15)23-10-9-22-17/h2-8,11,21H,9-10H2,1H3/b16-2+,21-19?. The third-order valence-electron chi connectivity index (χ3n) is 3.71. The van der Waals surface area contributed by atoms with Crippen molar-refractivity contribution in [3.05, 3.63) is 65.2 Å². The monoisotopic (exact) mass is 304 g/mol. The first-order valence-electron chi connectivity index (χ1n) is 7.38. The molecule has 0 aromatic heterocycles. The third kappa shape index (κ3) is 2.95. The zero-order valence-corrected chi connectivity index (χ0v) is 12.8. The minimum Gasteiger partial charge on any atom is -0.486 e. The molecule has 0 amide bonds. The van der Waals surface area contributed by atoms with Gasteiger partial charge in [0.2, 0.25) is 0 Å².